The Balaban J connectivity index is 1.72. The van der Waals surface area contributed by atoms with Crippen molar-refractivity contribution in [3.8, 4) is 0 Å². The third-order valence-corrected chi connectivity index (χ3v) is 8.09. The van der Waals surface area contributed by atoms with Gasteiger partial charge in [-0.3, -0.25) is 9.09 Å². The molecule has 2 aromatic heterocycles. The molecule has 0 amide bonds. The van der Waals surface area contributed by atoms with E-state index in [-0.39, 0.29) is 22.9 Å². The summed E-state index contributed by atoms with van der Waals surface area (Å²) in [4.78, 5) is 47.6. The number of nitrogens with two attached hydrogens (primary N) is 2. The highest BCUT2D eigenvalue weighted by Crippen LogP contribution is 2.66. The number of fused-ring (bicyclic) bond motifs is 1. The molecule has 3 rings (SSSR count). The van der Waals surface area contributed by atoms with Crippen molar-refractivity contribution in [1.29, 1.82) is 0 Å². The van der Waals surface area contributed by atoms with Crippen LogP contribution in [0.25, 0.3) is 11.2 Å². The number of rotatable bonds is 8. The van der Waals surface area contributed by atoms with Crippen LogP contribution >= 0.6 is 23.5 Å². The number of aromatic nitrogens is 4. The number of aliphatic hydroxyl groups excluding tert-OH is 1. The van der Waals surface area contributed by atoms with Gasteiger partial charge in [0.25, 0.3) is 0 Å². The predicted molar refractivity (Wildman–Crippen MR) is 103 cm³/mol. The molecule has 0 bridgehead atoms. The summed E-state index contributed by atoms with van der Waals surface area (Å²) in [6, 6.07) is 0. The van der Waals surface area contributed by atoms with Gasteiger partial charge in [0.05, 0.1) is 19.0 Å². The molecule has 0 radical (unpaired) electrons. The molecule has 2 aromatic rings. The summed E-state index contributed by atoms with van der Waals surface area (Å²) in [5, 5.41) is 10.6. The third kappa shape index (κ3) is 5.69. The number of hydrogen-bond acceptors (Lipinski definition) is 13. The van der Waals surface area contributed by atoms with Crippen LogP contribution in [0.3, 0.4) is 0 Å². The number of hydrogen-bond donors (Lipinski definition) is 7. The number of nitrogen functional groups attached to an aromatic ring is 2. The van der Waals surface area contributed by atoms with E-state index in [9.17, 15) is 28.6 Å². The van der Waals surface area contributed by atoms with Crippen molar-refractivity contribution >= 4 is 46.4 Å². The van der Waals surface area contributed by atoms with Crippen LogP contribution in [-0.2, 0) is 31.6 Å². The first-order chi connectivity index (χ1) is 14.6. The van der Waals surface area contributed by atoms with Crippen LogP contribution in [0.5, 0.6) is 0 Å². The Hall–Kier alpha value is -1.52. The lowest BCUT2D eigenvalue weighted by Gasteiger charge is -2.19. The van der Waals surface area contributed by atoms with Gasteiger partial charge in [0.1, 0.15) is 11.6 Å². The largest absolute Gasteiger partial charge is 0.490 e. The second kappa shape index (κ2) is 8.68. The predicted octanol–water partition coefficient (Wildman–Crippen LogP) is -0.772. The van der Waals surface area contributed by atoms with E-state index >= 15 is 0 Å². The molecule has 6 unspecified atom stereocenters. The van der Waals surface area contributed by atoms with E-state index in [2.05, 4.69) is 28.1 Å². The van der Waals surface area contributed by atoms with E-state index in [4.69, 9.17) is 26.0 Å². The summed E-state index contributed by atoms with van der Waals surface area (Å²) in [5.41, 5.74) is 11.7. The van der Waals surface area contributed by atoms with Crippen LogP contribution < -0.4 is 11.5 Å². The van der Waals surface area contributed by atoms with E-state index in [0.29, 0.717) is 0 Å². The third-order valence-electron chi connectivity index (χ3n) is 4.29. The summed E-state index contributed by atoms with van der Waals surface area (Å²) >= 11 is 0. The highest BCUT2D eigenvalue weighted by molar-refractivity contribution is 7.66. The molecule has 180 valence electrons. The van der Waals surface area contributed by atoms with Crippen molar-refractivity contribution in [2.45, 2.75) is 25.4 Å². The number of phosphoric acid groups is 3. The fourth-order valence-electron chi connectivity index (χ4n) is 2.90. The van der Waals surface area contributed by atoms with E-state index in [0.717, 1.165) is 0 Å². The molecule has 0 aromatic carbocycles. The van der Waals surface area contributed by atoms with Crippen LogP contribution in [0.15, 0.2) is 6.33 Å². The second-order valence-electron chi connectivity index (χ2n) is 6.59. The minimum Gasteiger partial charge on any atom is -0.388 e. The SMILES string of the molecule is CC1C(COP(=O)(O)OP(=O)(O)OP(=O)(O)O)OC(n2cnc3c(N)nc(N)nc32)C1O. The van der Waals surface area contributed by atoms with Gasteiger partial charge >= 0.3 is 23.5 Å². The molecule has 0 saturated carbocycles. The van der Waals surface area contributed by atoms with E-state index in [1.165, 1.54) is 17.8 Å². The van der Waals surface area contributed by atoms with Crippen molar-refractivity contribution in [2.24, 2.45) is 5.92 Å². The molecule has 1 aliphatic heterocycles. The van der Waals surface area contributed by atoms with Crippen LogP contribution in [0, 0.1) is 5.92 Å². The summed E-state index contributed by atoms with van der Waals surface area (Å²) in [7, 11) is -16.5. The van der Waals surface area contributed by atoms with E-state index in [1.807, 2.05) is 0 Å². The standard InChI is InChI=1S/C11H19N6O12P3/c1-4-5(2-26-31(22,23)29-32(24,25)28-30(19,20)21)27-10(7(4)18)17-3-14-6-8(12)15-11(13)16-9(6)17/h3-5,7,10,18H,2H2,1H3,(H,22,23)(H,24,25)(H2,19,20,21)(H4,12,13,15,16). The minimum absolute atomic E-state index is 0.00371. The van der Waals surface area contributed by atoms with Gasteiger partial charge in [-0.25, -0.2) is 18.7 Å². The monoisotopic (exact) mass is 520 g/mol. The average molecular weight is 520 g/mol. The molecule has 0 aliphatic carbocycles. The van der Waals surface area contributed by atoms with Crippen LogP contribution in [0.4, 0.5) is 11.8 Å². The molecule has 9 N–H and O–H groups in total. The summed E-state index contributed by atoms with van der Waals surface area (Å²) < 4.78 is 52.7. The fraction of sp³-hybridized carbons (Fsp3) is 0.545. The Bertz CT molecular complexity index is 1150. The molecule has 18 nitrogen and oxygen atoms in total. The summed E-state index contributed by atoms with van der Waals surface area (Å²) in [5.74, 6) is -0.862. The molecular formula is C11H19N6O12P3. The molecule has 1 saturated heterocycles. The quantitative estimate of drug-likeness (QED) is 0.210. The first-order valence-electron chi connectivity index (χ1n) is 8.46. The lowest BCUT2D eigenvalue weighted by atomic mass is 10.0. The van der Waals surface area contributed by atoms with Crippen molar-refractivity contribution in [2.75, 3.05) is 18.1 Å². The molecule has 32 heavy (non-hydrogen) atoms. The number of phosphoric ester groups is 1. The zero-order valence-electron chi connectivity index (χ0n) is 16.0. The lowest BCUT2D eigenvalue weighted by Crippen LogP contribution is -2.26. The highest BCUT2D eigenvalue weighted by Gasteiger charge is 2.45. The van der Waals surface area contributed by atoms with Gasteiger partial charge in [0.2, 0.25) is 5.95 Å². The van der Waals surface area contributed by atoms with Gasteiger partial charge in [-0.05, 0) is 0 Å². The lowest BCUT2D eigenvalue weighted by molar-refractivity contribution is -0.0485. The normalized spacial score (nSPS) is 27.9. The smallest absolute Gasteiger partial charge is 0.388 e. The zero-order chi connectivity index (χ0) is 24.1. The molecule has 0 spiro atoms. The van der Waals surface area contributed by atoms with Gasteiger partial charge in [-0.2, -0.15) is 18.6 Å². The number of anilines is 2. The maximum absolute atomic E-state index is 11.9. The maximum Gasteiger partial charge on any atom is 0.490 e. The molecule has 1 fully saturated rings. The van der Waals surface area contributed by atoms with Crippen molar-refractivity contribution < 1.29 is 56.3 Å². The Morgan fingerprint density at radius 2 is 1.78 bits per heavy atom. The topological polar surface area (TPSA) is 285 Å². The Morgan fingerprint density at radius 1 is 1.12 bits per heavy atom. The number of imidazole rings is 1. The van der Waals surface area contributed by atoms with Gasteiger partial charge < -0.3 is 40.9 Å². The van der Waals surface area contributed by atoms with Gasteiger partial charge in [-0.1, -0.05) is 6.92 Å². The highest BCUT2D eigenvalue weighted by atomic mass is 31.3. The number of nitrogens with zero attached hydrogens (tertiary/aromatic N) is 4. The average Bonchev–Trinajstić information content (AvgIpc) is 3.12. The van der Waals surface area contributed by atoms with Crippen molar-refractivity contribution in [3.05, 3.63) is 6.33 Å². The molecular weight excluding hydrogens is 501 g/mol. The minimum atomic E-state index is -5.65. The van der Waals surface area contributed by atoms with Crippen LogP contribution in [0.2, 0.25) is 0 Å². The number of aliphatic hydroxyl groups is 1. The summed E-state index contributed by atoms with van der Waals surface area (Å²) in [6.07, 6.45) is -2.08. The Morgan fingerprint density at radius 3 is 2.41 bits per heavy atom. The van der Waals surface area contributed by atoms with Gasteiger partial charge in [0.15, 0.2) is 17.7 Å². The molecule has 21 heteroatoms. The zero-order valence-corrected chi connectivity index (χ0v) is 18.7. The maximum atomic E-state index is 11.9. The van der Waals surface area contributed by atoms with Crippen molar-refractivity contribution in [1.82, 2.24) is 19.5 Å². The van der Waals surface area contributed by atoms with Gasteiger partial charge in [-0.15, -0.1) is 0 Å². The second-order valence-corrected chi connectivity index (χ2v) is 11.0. The van der Waals surface area contributed by atoms with Crippen molar-refractivity contribution in [3.63, 3.8) is 0 Å². The fourth-order valence-corrected chi connectivity index (χ4v) is 5.93. The van der Waals surface area contributed by atoms with E-state index in [1.54, 1.807) is 0 Å². The molecule has 1 aliphatic rings. The Labute approximate surface area is 178 Å². The molecule has 6 atom stereocenters. The molecule has 3 heterocycles. The van der Waals surface area contributed by atoms with E-state index < -0.39 is 54.4 Å². The number of ether oxygens (including phenoxy) is 1. The first kappa shape index (κ1) is 25.1. The van der Waals surface area contributed by atoms with Crippen LogP contribution in [0.1, 0.15) is 13.2 Å². The van der Waals surface area contributed by atoms with Gasteiger partial charge in [0, 0.05) is 5.92 Å². The first-order valence-corrected chi connectivity index (χ1v) is 13.0. The Kier molecular flexibility index (Phi) is 6.81. The van der Waals surface area contributed by atoms with Crippen LogP contribution in [-0.4, -0.2) is 63.0 Å². The summed E-state index contributed by atoms with van der Waals surface area (Å²) in [6.45, 7) is 0.789.